The van der Waals surface area contributed by atoms with E-state index in [1.54, 1.807) is 24.3 Å². The van der Waals surface area contributed by atoms with Gasteiger partial charge >= 0.3 is 11.9 Å². The first-order valence-corrected chi connectivity index (χ1v) is 9.34. The van der Waals surface area contributed by atoms with Crippen molar-refractivity contribution in [3.05, 3.63) is 65.7 Å². The van der Waals surface area contributed by atoms with Gasteiger partial charge in [-0.15, -0.1) is 0 Å². The van der Waals surface area contributed by atoms with Crippen molar-refractivity contribution in [2.45, 2.75) is 25.8 Å². The minimum absolute atomic E-state index is 0.270. The van der Waals surface area contributed by atoms with Crippen molar-refractivity contribution >= 4 is 17.8 Å². The van der Waals surface area contributed by atoms with Crippen molar-refractivity contribution < 1.29 is 28.6 Å². The Kier molecular flexibility index (Phi) is 8.69. The first kappa shape index (κ1) is 21.9. The standard InChI is InChI=1S/C22H25NO6/c1-3-13-28-18-11-9-17(10-12-18)21(25)29-15-20(24)23-19(22(26)27-2)14-16-7-5-4-6-8-16/h4-12,19H,3,13-15H2,1-2H3,(H,23,24)/t19-/m1/s1. The summed E-state index contributed by atoms with van der Waals surface area (Å²) in [6, 6.07) is 14.8. The van der Waals surface area contributed by atoms with Gasteiger partial charge in [0.25, 0.3) is 5.91 Å². The molecule has 0 heterocycles. The highest BCUT2D eigenvalue weighted by atomic mass is 16.5. The molecule has 0 unspecified atom stereocenters. The number of hydrogen-bond donors (Lipinski definition) is 1. The Morgan fingerprint density at radius 2 is 1.69 bits per heavy atom. The monoisotopic (exact) mass is 399 g/mol. The lowest BCUT2D eigenvalue weighted by molar-refractivity contribution is -0.145. The predicted molar refractivity (Wildman–Crippen MR) is 107 cm³/mol. The molecule has 7 heteroatoms. The average molecular weight is 399 g/mol. The SMILES string of the molecule is CCCOc1ccc(C(=O)OCC(=O)N[C@H](Cc2ccccc2)C(=O)OC)cc1. The van der Waals surface area contributed by atoms with Gasteiger partial charge in [-0.2, -0.15) is 0 Å². The fourth-order valence-electron chi connectivity index (χ4n) is 2.54. The third-order valence-corrected chi connectivity index (χ3v) is 4.00. The van der Waals surface area contributed by atoms with Gasteiger partial charge in [-0.25, -0.2) is 9.59 Å². The second-order valence-corrected chi connectivity index (χ2v) is 6.28. The minimum atomic E-state index is -0.872. The van der Waals surface area contributed by atoms with Gasteiger partial charge in [0.15, 0.2) is 6.61 Å². The Bertz CT molecular complexity index is 804. The van der Waals surface area contributed by atoms with Crippen LogP contribution in [0.5, 0.6) is 5.75 Å². The Hall–Kier alpha value is -3.35. The lowest BCUT2D eigenvalue weighted by atomic mass is 10.1. The number of carbonyl (C=O) groups is 3. The first-order chi connectivity index (χ1) is 14.0. The number of esters is 2. The molecular formula is C22H25NO6. The van der Waals surface area contributed by atoms with Crippen LogP contribution in [-0.2, 0) is 25.5 Å². The molecule has 1 amide bonds. The van der Waals surface area contributed by atoms with Crippen molar-refractivity contribution in [2.75, 3.05) is 20.3 Å². The zero-order valence-corrected chi connectivity index (χ0v) is 16.6. The number of methoxy groups -OCH3 is 1. The van der Waals surface area contributed by atoms with Crippen molar-refractivity contribution in [1.82, 2.24) is 5.32 Å². The van der Waals surface area contributed by atoms with Gasteiger partial charge in [0.2, 0.25) is 0 Å². The predicted octanol–water partition coefficient (Wildman–Crippen LogP) is 2.53. The van der Waals surface area contributed by atoms with E-state index < -0.39 is 30.5 Å². The largest absolute Gasteiger partial charge is 0.494 e. The topological polar surface area (TPSA) is 90.9 Å². The number of rotatable bonds is 10. The van der Waals surface area contributed by atoms with Crippen LogP contribution in [0.25, 0.3) is 0 Å². The summed E-state index contributed by atoms with van der Waals surface area (Å²) in [5.74, 6) is -1.15. The highest BCUT2D eigenvalue weighted by Gasteiger charge is 2.22. The molecule has 7 nitrogen and oxygen atoms in total. The summed E-state index contributed by atoms with van der Waals surface area (Å²) in [5.41, 5.74) is 1.17. The molecule has 0 aliphatic rings. The van der Waals surface area contributed by atoms with E-state index in [0.717, 1.165) is 12.0 Å². The van der Waals surface area contributed by atoms with E-state index in [4.69, 9.17) is 14.2 Å². The third kappa shape index (κ3) is 7.29. The van der Waals surface area contributed by atoms with Gasteiger partial charge < -0.3 is 19.5 Å². The van der Waals surface area contributed by atoms with E-state index >= 15 is 0 Å². The summed E-state index contributed by atoms with van der Waals surface area (Å²) < 4.78 is 15.2. The zero-order chi connectivity index (χ0) is 21.1. The summed E-state index contributed by atoms with van der Waals surface area (Å²) in [7, 11) is 1.25. The minimum Gasteiger partial charge on any atom is -0.494 e. The lowest BCUT2D eigenvalue weighted by Crippen LogP contribution is -2.44. The molecular weight excluding hydrogens is 374 g/mol. The molecule has 2 rings (SSSR count). The number of hydrogen-bond acceptors (Lipinski definition) is 6. The molecule has 29 heavy (non-hydrogen) atoms. The van der Waals surface area contributed by atoms with E-state index in [9.17, 15) is 14.4 Å². The molecule has 0 aromatic heterocycles. The number of carbonyl (C=O) groups excluding carboxylic acids is 3. The normalized spacial score (nSPS) is 11.2. The van der Waals surface area contributed by atoms with Crippen LogP contribution >= 0.6 is 0 Å². The molecule has 0 aliphatic carbocycles. The lowest BCUT2D eigenvalue weighted by Gasteiger charge is -2.16. The highest BCUT2D eigenvalue weighted by Crippen LogP contribution is 2.13. The van der Waals surface area contributed by atoms with E-state index in [1.165, 1.54) is 7.11 Å². The fraction of sp³-hybridized carbons (Fsp3) is 0.318. The Labute approximate surface area is 170 Å². The smallest absolute Gasteiger partial charge is 0.338 e. The van der Waals surface area contributed by atoms with Gasteiger partial charge in [0, 0.05) is 6.42 Å². The molecule has 2 aromatic carbocycles. The zero-order valence-electron chi connectivity index (χ0n) is 16.6. The van der Waals surface area contributed by atoms with Crippen molar-refractivity contribution in [3.63, 3.8) is 0 Å². The molecule has 0 saturated carbocycles. The van der Waals surface area contributed by atoms with Crippen LogP contribution in [0.4, 0.5) is 0 Å². The molecule has 0 radical (unpaired) electrons. The van der Waals surface area contributed by atoms with Crippen LogP contribution in [0, 0.1) is 0 Å². The quantitative estimate of drug-likeness (QED) is 0.618. The van der Waals surface area contributed by atoms with Gasteiger partial charge in [-0.3, -0.25) is 4.79 Å². The summed E-state index contributed by atoms with van der Waals surface area (Å²) in [6.45, 7) is 2.09. The second kappa shape index (κ2) is 11.5. The van der Waals surface area contributed by atoms with Gasteiger partial charge in [-0.1, -0.05) is 37.3 Å². The van der Waals surface area contributed by atoms with E-state index in [2.05, 4.69) is 5.32 Å². The van der Waals surface area contributed by atoms with Gasteiger partial charge in [0.05, 0.1) is 19.3 Å². The average Bonchev–Trinajstić information content (AvgIpc) is 2.76. The van der Waals surface area contributed by atoms with Crippen LogP contribution < -0.4 is 10.1 Å². The maximum atomic E-state index is 12.2. The summed E-state index contributed by atoms with van der Waals surface area (Å²) in [4.78, 5) is 36.2. The molecule has 1 atom stereocenters. The number of nitrogens with one attached hydrogen (secondary N) is 1. The Morgan fingerprint density at radius 3 is 2.31 bits per heavy atom. The van der Waals surface area contributed by atoms with E-state index in [1.807, 2.05) is 37.3 Å². The van der Waals surface area contributed by atoms with Crippen LogP contribution in [0.2, 0.25) is 0 Å². The number of benzene rings is 2. The molecule has 0 saturated heterocycles. The van der Waals surface area contributed by atoms with E-state index in [0.29, 0.717) is 17.9 Å². The molecule has 2 aromatic rings. The Balaban J connectivity index is 1.87. The number of amides is 1. The molecule has 154 valence electrons. The van der Waals surface area contributed by atoms with Gasteiger partial charge in [0.1, 0.15) is 11.8 Å². The van der Waals surface area contributed by atoms with E-state index in [-0.39, 0.29) is 6.42 Å². The van der Waals surface area contributed by atoms with Crippen molar-refractivity contribution in [3.8, 4) is 5.75 Å². The molecule has 0 aliphatic heterocycles. The third-order valence-electron chi connectivity index (χ3n) is 4.00. The van der Waals surface area contributed by atoms with Crippen LogP contribution in [-0.4, -0.2) is 44.2 Å². The number of ether oxygens (including phenoxy) is 3. The van der Waals surface area contributed by atoms with Gasteiger partial charge in [-0.05, 0) is 36.2 Å². The fourth-order valence-corrected chi connectivity index (χ4v) is 2.54. The molecule has 0 fully saturated rings. The summed E-state index contributed by atoms with van der Waals surface area (Å²) >= 11 is 0. The molecule has 0 spiro atoms. The van der Waals surface area contributed by atoms with Crippen LogP contribution in [0.1, 0.15) is 29.3 Å². The van der Waals surface area contributed by atoms with Crippen molar-refractivity contribution in [2.24, 2.45) is 0 Å². The van der Waals surface area contributed by atoms with Crippen LogP contribution in [0.3, 0.4) is 0 Å². The summed E-state index contributed by atoms with van der Waals surface area (Å²) in [5, 5.41) is 2.54. The Morgan fingerprint density at radius 1 is 1.00 bits per heavy atom. The maximum Gasteiger partial charge on any atom is 0.338 e. The van der Waals surface area contributed by atoms with Crippen molar-refractivity contribution in [1.29, 1.82) is 0 Å². The summed E-state index contributed by atoms with van der Waals surface area (Å²) in [6.07, 6.45) is 1.15. The highest BCUT2D eigenvalue weighted by molar-refractivity contribution is 5.92. The molecule has 0 bridgehead atoms. The second-order valence-electron chi connectivity index (χ2n) is 6.28. The van der Waals surface area contributed by atoms with Crippen LogP contribution in [0.15, 0.2) is 54.6 Å². The first-order valence-electron chi connectivity index (χ1n) is 9.34. The molecule has 1 N–H and O–H groups in total. The maximum absolute atomic E-state index is 12.2.